The molecule has 0 aliphatic rings. The molecule has 2 rings (SSSR count). The van der Waals surface area contributed by atoms with Crippen LogP contribution in [0.1, 0.15) is 11.5 Å². The average molecular weight is 333 g/mol. The van der Waals surface area contributed by atoms with E-state index in [1.54, 1.807) is 36.8 Å². The molecule has 0 unspecified atom stereocenters. The first kappa shape index (κ1) is 16.5. The zero-order valence-electron chi connectivity index (χ0n) is 11.9. The highest BCUT2D eigenvalue weighted by atomic mass is 32.2. The van der Waals surface area contributed by atoms with Crippen LogP contribution in [0.25, 0.3) is 11.4 Å². The van der Waals surface area contributed by atoms with E-state index in [1.807, 2.05) is 0 Å². The summed E-state index contributed by atoms with van der Waals surface area (Å²) >= 11 is 0. The molecule has 1 aromatic carbocycles. The van der Waals surface area contributed by atoms with Crippen LogP contribution >= 0.6 is 0 Å². The Kier molecular flexibility index (Phi) is 4.55. The molecule has 9 heteroatoms. The van der Waals surface area contributed by atoms with Gasteiger partial charge >= 0.3 is 12.1 Å². The highest BCUT2D eigenvalue weighted by Gasteiger charge is 2.38. The third-order valence-electron chi connectivity index (χ3n) is 2.68. The monoisotopic (exact) mass is 333 g/mol. The van der Waals surface area contributed by atoms with Crippen LogP contribution in [-0.4, -0.2) is 33.4 Å². The van der Waals surface area contributed by atoms with Gasteiger partial charge in [0.05, 0.1) is 6.54 Å². The number of hydrogen-bond acceptors (Lipinski definition) is 5. The van der Waals surface area contributed by atoms with Gasteiger partial charge in [-0.05, 0) is 12.0 Å². The normalized spacial score (nSPS) is 12.4. The molecule has 0 atom stereocenters. The maximum absolute atomic E-state index is 12.4. The second-order valence-corrected chi connectivity index (χ2v) is 7.52. The van der Waals surface area contributed by atoms with Crippen molar-refractivity contribution in [3.8, 4) is 11.4 Å². The molecule has 0 saturated carbocycles. The smallest absolute Gasteiger partial charge is 0.329 e. The van der Waals surface area contributed by atoms with Crippen molar-refractivity contribution in [3.63, 3.8) is 0 Å². The maximum atomic E-state index is 12.4. The molecule has 0 spiro atoms. The second kappa shape index (κ2) is 6.07. The lowest BCUT2D eigenvalue weighted by Crippen LogP contribution is -2.04. The summed E-state index contributed by atoms with van der Waals surface area (Å²) in [6.45, 7) is 0.422. The van der Waals surface area contributed by atoms with Gasteiger partial charge in [-0.25, -0.2) is 4.36 Å². The van der Waals surface area contributed by atoms with E-state index < -0.39 is 21.8 Å². The Hall–Kier alpha value is -1.90. The maximum Gasteiger partial charge on any atom is 0.471 e. The van der Waals surface area contributed by atoms with Crippen LogP contribution in [0.3, 0.4) is 0 Å². The van der Waals surface area contributed by atoms with Crippen molar-refractivity contribution >= 4 is 9.73 Å². The molecular weight excluding hydrogens is 319 g/mol. The van der Waals surface area contributed by atoms with E-state index in [-0.39, 0.29) is 5.82 Å². The molecule has 0 radical (unpaired) electrons. The molecule has 120 valence electrons. The van der Waals surface area contributed by atoms with Gasteiger partial charge in [0, 0.05) is 27.8 Å². The predicted molar refractivity (Wildman–Crippen MR) is 75.7 cm³/mol. The van der Waals surface area contributed by atoms with Crippen molar-refractivity contribution in [2.24, 2.45) is 4.36 Å². The minimum atomic E-state index is -4.65. The molecule has 0 amide bonds. The van der Waals surface area contributed by atoms with Gasteiger partial charge in [0.15, 0.2) is 0 Å². The first-order valence-electron chi connectivity index (χ1n) is 6.28. The predicted octanol–water partition coefficient (Wildman–Crippen LogP) is 3.03. The summed E-state index contributed by atoms with van der Waals surface area (Å²) in [4.78, 5) is 3.32. The Bertz CT molecular complexity index is 752. The molecule has 2 aromatic rings. The molecule has 0 N–H and O–H groups in total. The second-order valence-electron chi connectivity index (χ2n) is 4.90. The van der Waals surface area contributed by atoms with Crippen molar-refractivity contribution in [3.05, 3.63) is 35.7 Å². The summed E-state index contributed by atoms with van der Waals surface area (Å²) < 4.78 is 56.8. The highest BCUT2D eigenvalue weighted by molar-refractivity contribution is 7.92. The SMILES string of the molecule is CS(C)(=O)=NCCc1ccc(-c2noc(C(F)(F)F)n2)cc1. The summed E-state index contributed by atoms with van der Waals surface area (Å²) in [6, 6.07) is 6.69. The summed E-state index contributed by atoms with van der Waals surface area (Å²) in [5, 5.41) is 3.31. The number of halogens is 3. The molecule has 0 saturated heterocycles. The molecule has 0 bridgehead atoms. The number of hydrogen-bond donors (Lipinski definition) is 0. The molecular formula is C13H14F3N3O2S. The van der Waals surface area contributed by atoms with Crippen LogP contribution in [0.5, 0.6) is 0 Å². The highest BCUT2D eigenvalue weighted by Crippen LogP contribution is 2.29. The Morgan fingerprint density at radius 1 is 1.23 bits per heavy atom. The molecule has 1 aromatic heterocycles. The van der Waals surface area contributed by atoms with E-state index in [0.29, 0.717) is 18.5 Å². The lowest BCUT2D eigenvalue weighted by molar-refractivity contribution is -0.159. The standard InChI is InChI=1S/C13H14F3N3O2S/c1-22(2,20)17-8-7-9-3-5-10(6-4-9)11-18-12(21-19-11)13(14,15)16/h3-6H,7-8H2,1-2H3. The van der Waals surface area contributed by atoms with E-state index >= 15 is 0 Å². The minimum absolute atomic E-state index is 0.117. The topological polar surface area (TPSA) is 68.3 Å². The summed E-state index contributed by atoms with van der Waals surface area (Å²) in [5.74, 6) is -1.49. The fourth-order valence-corrected chi connectivity index (χ4v) is 2.20. The van der Waals surface area contributed by atoms with E-state index in [1.165, 1.54) is 0 Å². The molecule has 0 fully saturated rings. The van der Waals surface area contributed by atoms with Gasteiger partial charge in [0.2, 0.25) is 5.82 Å². The lowest BCUT2D eigenvalue weighted by atomic mass is 10.1. The van der Waals surface area contributed by atoms with Crippen molar-refractivity contribution < 1.29 is 21.9 Å². The van der Waals surface area contributed by atoms with Crippen LogP contribution in [0.4, 0.5) is 13.2 Å². The minimum Gasteiger partial charge on any atom is -0.329 e. The number of aromatic nitrogens is 2. The third kappa shape index (κ3) is 4.55. The van der Waals surface area contributed by atoms with E-state index in [0.717, 1.165) is 5.56 Å². The van der Waals surface area contributed by atoms with E-state index in [9.17, 15) is 17.4 Å². The summed E-state index contributed by atoms with van der Waals surface area (Å²) in [6.07, 6.45) is -0.936. The molecule has 0 aliphatic heterocycles. The fraction of sp³-hybridized carbons (Fsp3) is 0.385. The number of rotatable bonds is 4. The number of nitrogens with zero attached hydrogens (tertiary/aromatic N) is 3. The van der Waals surface area contributed by atoms with Gasteiger partial charge in [-0.1, -0.05) is 29.4 Å². The first-order chi connectivity index (χ1) is 10.1. The van der Waals surface area contributed by atoms with Crippen molar-refractivity contribution in [2.75, 3.05) is 19.1 Å². The zero-order chi connectivity index (χ0) is 16.4. The molecule has 0 aliphatic carbocycles. The summed E-state index contributed by atoms with van der Waals surface area (Å²) in [7, 11) is -2.12. The Morgan fingerprint density at radius 3 is 2.36 bits per heavy atom. The molecule has 22 heavy (non-hydrogen) atoms. The van der Waals surface area contributed by atoms with Gasteiger partial charge in [-0.15, -0.1) is 0 Å². The Labute approximate surface area is 125 Å². The third-order valence-corrected chi connectivity index (χ3v) is 3.49. The van der Waals surface area contributed by atoms with Crippen molar-refractivity contribution in [1.29, 1.82) is 0 Å². The Morgan fingerprint density at radius 2 is 1.86 bits per heavy atom. The molecule has 1 heterocycles. The van der Waals surface area contributed by atoms with Gasteiger partial charge in [0.25, 0.3) is 0 Å². The Balaban J connectivity index is 2.09. The van der Waals surface area contributed by atoms with Gasteiger partial charge in [0.1, 0.15) is 0 Å². The quantitative estimate of drug-likeness (QED) is 0.862. The first-order valence-corrected chi connectivity index (χ1v) is 8.61. The fourth-order valence-electron chi connectivity index (χ4n) is 1.67. The summed E-state index contributed by atoms with van der Waals surface area (Å²) in [5.41, 5.74) is 1.35. The van der Waals surface area contributed by atoms with Crippen LogP contribution in [-0.2, 0) is 22.3 Å². The van der Waals surface area contributed by atoms with Crippen LogP contribution < -0.4 is 0 Å². The van der Waals surface area contributed by atoms with E-state index in [2.05, 4.69) is 19.0 Å². The van der Waals surface area contributed by atoms with Crippen LogP contribution in [0, 0.1) is 0 Å². The van der Waals surface area contributed by atoms with Crippen LogP contribution in [0.2, 0.25) is 0 Å². The van der Waals surface area contributed by atoms with E-state index in [4.69, 9.17) is 0 Å². The number of alkyl halides is 3. The average Bonchev–Trinajstić information content (AvgIpc) is 2.87. The van der Waals surface area contributed by atoms with Gasteiger partial charge < -0.3 is 4.52 Å². The lowest BCUT2D eigenvalue weighted by Gasteiger charge is -2.01. The van der Waals surface area contributed by atoms with Gasteiger partial charge in [-0.3, -0.25) is 4.21 Å². The number of benzene rings is 1. The van der Waals surface area contributed by atoms with Crippen LogP contribution in [0.15, 0.2) is 33.2 Å². The largest absolute Gasteiger partial charge is 0.471 e. The van der Waals surface area contributed by atoms with Crippen molar-refractivity contribution in [2.45, 2.75) is 12.6 Å². The van der Waals surface area contributed by atoms with Crippen molar-refractivity contribution in [1.82, 2.24) is 10.1 Å². The molecule has 5 nitrogen and oxygen atoms in total. The van der Waals surface area contributed by atoms with Gasteiger partial charge in [-0.2, -0.15) is 18.2 Å². The zero-order valence-corrected chi connectivity index (χ0v) is 12.7.